The summed E-state index contributed by atoms with van der Waals surface area (Å²) in [6, 6.07) is 0. The molecule has 96 valence electrons. The Labute approximate surface area is 102 Å². The molecule has 1 unspecified atom stereocenters. The molecular weight excluding hydrogens is 196 g/mol. The Morgan fingerprint density at radius 1 is 1.12 bits per heavy atom. The van der Waals surface area contributed by atoms with Crippen molar-refractivity contribution >= 4 is 0 Å². The van der Waals surface area contributed by atoms with Crippen LogP contribution in [0.15, 0.2) is 0 Å². The number of likely N-dealkylation sites (tertiary alicyclic amines) is 1. The molecule has 1 rings (SSSR count). The van der Waals surface area contributed by atoms with Gasteiger partial charge in [0.2, 0.25) is 0 Å². The highest BCUT2D eigenvalue weighted by Gasteiger charge is 2.25. The fourth-order valence-electron chi connectivity index (χ4n) is 3.09. The van der Waals surface area contributed by atoms with E-state index in [1.807, 2.05) is 0 Å². The van der Waals surface area contributed by atoms with E-state index in [1.165, 1.54) is 58.2 Å². The van der Waals surface area contributed by atoms with Crippen molar-refractivity contribution in [1.29, 1.82) is 0 Å². The second kappa shape index (κ2) is 7.29. The van der Waals surface area contributed by atoms with Gasteiger partial charge in [-0.15, -0.1) is 0 Å². The second-order valence-corrected chi connectivity index (χ2v) is 5.78. The molecule has 0 aromatic carbocycles. The average Bonchev–Trinajstić information content (AvgIpc) is 2.46. The molecular formula is C14H30N2. The third kappa shape index (κ3) is 4.84. The lowest BCUT2D eigenvalue weighted by Crippen LogP contribution is -2.42. The topological polar surface area (TPSA) is 15.3 Å². The molecule has 16 heavy (non-hydrogen) atoms. The molecule has 1 N–H and O–H groups in total. The van der Waals surface area contributed by atoms with Crippen molar-refractivity contribution in [1.82, 2.24) is 10.2 Å². The highest BCUT2D eigenvalue weighted by Crippen LogP contribution is 2.25. The highest BCUT2D eigenvalue weighted by molar-refractivity contribution is 4.81. The molecule has 2 nitrogen and oxygen atoms in total. The van der Waals surface area contributed by atoms with Crippen molar-refractivity contribution in [2.45, 2.75) is 52.4 Å². The Bertz CT molecular complexity index is 166. The van der Waals surface area contributed by atoms with Gasteiger partial charge in [-0.25, -0.2) is 0 Å². The lowest BCUT2D eigenvalue weighted by atomic mass is 9.84. The van der Waals surface area contributed by atoms with Gasteiger partial charge in [0, 0.05) is 13.1 Å². The minimum Gasteiger partial charge on any atom is -0.319 e. The van der Waals surface area contributed by atoms with E-state index < -0.39 is 0 Å². The van der Waals surface area contributed by atoms with Gasteiger partial charge in [0.1, 0.15) is 0 Å². The first kappa shape index (κ1) is 14.0. The van der Waals surface area contributed by atoms with Crippen LogP contribution in [-0.2, 0) is 0 Å². The Morgan fingerprint density at radius 3 is 2.25 bits per heavy atom. The number of hydrogen-bond donors (Lipinski definition) is 1. The van der Waals surface area contributed by atoms with Gasteiger partial charge in [-0.05, 0) is 44.8 Å². The molecule has 0 spiro atoms. The van der Waals surface area contributed by atoms with Crippen LogP contribution >= 0.6 is 0 Å². The van der Waals surface area contributed by atoms with E-state index in [0.29, 0.717) is 5.41 Å². The maximum absolute atomic E-state index is 3.37. The van der Waals surface area contributed by atoms with Gasteiger partial charge in [0.05, 0.1) is 0 Å². The summed E-state index contributed by atoms with van der Waals surface area (Å²) in [4.78, 5) is 2.69. The Morgan fingerprint density at radius 2 is 1.75 bits per heavy atom. The molecule has 0 aromatic heterocycles. The van der Waals surface area contributed by atoms with E-state index >= 15 is 0 Å². The van der Waals surface area contributed by atoms with Crippen molar-refractivity contribution in [2.75, 3.05) is 33.2 Å². The zero-order valence-electron chi connectivity index (χ0n) is 11.5. The summed E-state index contributed by atoms with van der Waals surface area (Å²) in [5.41, 5.74) is 0.466. The largest absolute Gasteiger partial charge is 0.319 e. The lowest BCUT2D eigenvalue weighted by Gasteiger charge is -2.35. The van der Waals surface area contributed by atoms with Crippen LogP contribution in [0.5, 0.6) is 0 Å². The maximum Gasteiger partial charge on any atom is 0.00475 e. The molecule has 0 bridgehead atoms. The fraction of sp³-hybridized carbons (Fsp3) is 1.00. The standard InChI is InChI=1S/C14H30N2/c1-4-9-14(2,12-15-3)13-16-10-7-5-6-8-11-16/h15H,4-13H2,1-3H3. The van der Waals surface area contributed by atoms with Gasteiger partial charge in [0.15, 0.2) is 0 Å². The summed E-state index contributed by atoms with van der Waals surface area (Å²) < 4.78 is 0. The SMILES string of the molecule is CCCC(C)(CNC)CN1CCCCCC1. The Balaban J connectivity index is 2.45. The van der Waals surface area contributed by atoms with E-state index in [9.17, 15) is 0 Å². The van der Waals surface area contributed by atoms with Gasteiger partial charge >= 0.3 is 0 Å². The zero-order chi connectivity index (χ0) is 11.9. The predicted octanol–water partition coefficient (Wildman–Crippen LogP) is 2.89. The van der Waals surface area contributed by atoms with Crippen molar-refractivity contribution in [2.24, 2.45) is 5.41 Å². The molecule has 0 saturated carbocycles. The zero-order valence-corrected chi connectivity index (χ0v) is 11.5. The molecule has 1 saturated heterocycles. The van der Waals surface area contributed by atoms with E-state index in [2.05, 4.69) is 31.1 Å². The van der Waals surface area contributed by atoms with Crippen LogP contribution in [0.1, 0.15) is 52.4 Å². The third-order valence-electron chi connectivity index (χ3n) is 3.76. The number of rotatable bonds is 6. The van der Waals surface area contributed by atoms with Crippen molar-refractivity contribution in [3.8, 4) is 0 Å². The van der Waals surface area contributed by atoms with Crippen LogP contribution < -0.4 is 5.32 Å². The predicted molar refractivity (Wildman–Crippen MR) is 71.8 cm³/mol. The number of nitrogens with one attached hydrogen (secondary N) is 1. The van der Waals surface area contributed by atoms with Crippen LogP contribution in [0.2, 0.25) is 0 Å². The first-order chi connectivity index (χ1) is 7.70. The van der Waals surface area contributed by atoms with Crippen molar-refractivity contribution < 1.29 is 0 Å². The highest BCUT2D eigenvalue weighted by atomic mass is 15.1. The van der Waals surface area contributed by atoms with E-state index in [0.717, 1.165) is 6.54 Å². The summed E-state index contributed by atoms with van der Waals surface area (Å²) >= 11 is 0. The van der Waals surface area contributed by atoms with Gasteiger partial charge in [-0.2, -0.15) is 0 Å². The van der Waals surface area contributed by atoms with Crippen LogP contribution in [0, 0.1) is 5.41 Å². The average molecular weight is 226 g/mol. The number of hydrogen-bond acceptors (Lipinski definition) is 2. The first-order valence-electron chi connectivity index (χ1n) is 7.07. The lowest BCUT2D eigenvalue weighted by molar-refractivity contribution is 0.155. The Kier molecular flexibility index (Phi) is 6.37. The third-order valence-corrected chi connectivity index (χ3v) is 3.76. The van der Waals surface area contributed by atoms with Crippen molar-refractivity contribution in [3.05, 3.63) is 0 Å². The summed E-state index contributed by atoms with van der Waals surface area (Å²) in [5.74, 6) is 0. The quantitative estimate of drug-likeness (QED) is 0.749. The molecule has 1 atom stereocenters. The molecule has 0 aromatic rings. The van der Waals surface area contributed by atoms with E-state index in [-0.39, 0.29) is 0 Å². The summed E-state index contributed by atoms with van der Waals surface area (Å²) in [5, 5.41) is 3.37. The van der Waals surface area contributed by atoms with Gasteiger partial charge in [-0.3, -0.25) is 0 Å². The van der Waals surface area contributed by atoms with Gasteiger partial charge in [0.25, 0.3) is 0 Å². The molecule has 0 aliphatic carbocycles. The minimum absolute atomic E-state index is 0.466. The van der Waals surface area contributed by atoms with Crippen LogP contribution in [-0.4, -0.2) is 38.1 Å². The maximum atomic E-state index is 3.37. The molecule has 2 heteroatoms. The molecule has 0 amide bonds. The summed E-state index contributed by atoms with van der Waals surface area (Å²) in [6.07, 6.45) is 8.32. The Hall–Kier alpha value is -0.0800. The van der Waals surface area contributed by atoms with Crippen LogP contribution in [0.3, 0.4) is 0 Å². The van der Waals surface area contributed by atoms with E-state index in [4.69, 9.17) is 0 Å². The van der Waals surface area contributed by atoms with E-state index in [1.54, 1.807) is 0 Å². The van der Waals surface area contributed by atoms with Crippen molar-refractivity contribution in [3.63, 3.8) is 0 Å². The van der Waals surface area contributed by atoms with Gasteiger partial charge in [-0.1, -0.05) is 33.1 Å². The first-order valence-corrected chi connectivity index (χ1v) is 7.07. The molecule has 1 fully saturated rings. The summed E-state index contributed by atoms with van der Waals surface area (Å²) in [6.45, 7) is 9.82. The normalized spacial score (nSPS) is 22.7. The molecule has 1 aliphatic rings. The fourth-order valence-corrected chi connectivity index (χ4v) is 3.09. The number of nitrogens with zero attached hydrogens (tertiary/aromatic N) is 1. The van der Waals surface area contributed by atoms with Gasteiger partial charge < -0.3 is 10.2 Å². The minimum atomic E-state index is 0.466. The summed E-state index contributed by atoms with van der Waals surface area (Å²) in [7, 11) is 2.08. The second-order valence-electron chi connectivity index (χ2n) is 5.78. The molecule has 1 heterocycles. The monoisotopic (exact) mass is 226 g/mol. The van der Waals surface area contributed by atoms with Crippen LogP contribution in [0.4, 0.5) is 0 Å². The van der Waals surface area contributed by atoms with Crippen LogP contribution in [0.25, 0.3) is 0 Å². The molecule has 0 radical (unpaired) electrons. The molecule has 1 aliphatic heterocycles. The smallest absolute Gasteiger partial charge is 0.00475 e.